The molecule has 1 amide bonds. The molecule has 2 rings (SSSR count). The van der Waals surface area contributed by atoms with Crippen LogP contribution in [0.5, 0.6) is 5.75 Å². The number of hydrogen-bond donors (Lipinski definition) is 2. The van der Waals surface area contributed by atoms with Crippen LogP contribution in [-0.2, 0) is 10.0 Å². The van der Waals surface area contributed by atoms with E-state index in [4.69, 9.17) is 4.74 Å². The second-order valence-electron chi connectivity index (χ2n) is 6.23. The minimum absolute atomic E-state index is 0.0172. The standard InChI is InChI=1S/C20H26N2O4S/c1-4-15(5-2)14-21-20(23)16-9-8-10-17(13-16)27(24,25)22-18-11-6-7-12-19(18)26-3/h6-13,15,22H,4-5,14H2,1-3H3,(H,21,23). The van der Waals surface area contributed by atoms with Crippen molar-refractivity contribution in [3.8, 4) is 5.75 Å². The monoisotopic (exact) mass is 390 g/mol. The molecule has 0 radical (unpaired) electrons. The first-order chi connectivity index (χ1) is 12.9. The van der Waals surface area contributed by atoms with Gasteiger partial charge in [-0.25, -0.2) is 8.42 Å². The van der Waals surface area contributed by atoms with Gasteiger partial charge >= 0.3 is 0 Å². The van der Waals surface area contributed by atoms with Crippen molar-refractivity contribution in [3.63, 3.8) is 0 Å². The molecule has 6 nitrogen and oxygen atoms in total. The Bertz CT molecular complexity index is 877. The molecule has 27 heavy (non-hydrogen) atoms. The molecule has 0 fully saturated rings. The van der Waals surface area contributed by atoms with E-state index < -0.39 is 10.0 Å². The molecule has 0 saturated carbocycles. The number of para-hydroxylation sites is 2. The van der Waals surface area contributed by atoms with Gasteiger partial charge < -0.3 is 10.1 Å². The number of anilines is 1. The van der Waals surface area contributed by atoms with Gasteiger partial charge in [0.1, 0.15) is 5.75 Å². The zero-order valence-electron chi connectivity index (χ0n) is 15.9. The second kappa shape index (κ2) is 9.41. The zero-order valence-corrected chi connectivity index (χ0v) is 16.7. The number of hydrogen-bond acceptors (Lipinski definition) is 4. The quantitative estimate of drug-likeness (QED) is 0.684. The van der Waals surface area contributed by atoms with Crippen molar-refractivity contribution in [2.24, 2.45) is 5.92 Å². The topological polar surface area (TPSA) is 84.5 Å². The van der Waals surface area contributed by atoms with Crippen LogP contribution in [0.4, 0.5) is 5.69 Å². The van der Waals surface area contributed by atoms with E-state index in [1.807, 2.05) is 0 Å². The third kappa shape index (κ3) is 5.47. The minimum Gasteiger partial charge on any atom is -0.495 e. The average Bonchev–Trinajstić information content (AvgIpc) is 2.69. The summed E-state index contributed by atoms with van der Waals surface area (Å²) in [5.74, 6) is 0.546. The lowest BCUT2D eigenvalue weighted by Crippen LogP contribution is -2.29. The molecule has 0 unspecified atom stereocenters. The van der Waals surface area contributed by atoms with Crippen molar-refractivity contribution in [2.75, 3.05) is 18.4 Å². The van der Waals surface area contributed by atoms with Crippen molar-refractivity contribution in [2.45, 2.75) is 31.6 Å². The second-order valence-corrected chi connectivity index (χ2v) is 7.91. The first-order valence-electron chi connectivity index (χ1n) is 8.95. The van der Waals surface area contributed by atoms with Crippen LogP contribution in [0.15, 0.2) is 53.4 Å². The fraction of sp³-hybridized carbons (Fsp3) is 0.350. The van der Waals surface area contributed by atoms with E-state index in [0.29, 0.717) is 29.5 Å². The average molecular weight is 391 g/mol. The third-order valence-electron chi connectivity index (χ3n) is 4.46. The predicted molar refractivity (Wildman–Crippen MR) is 107 cm³/mol. The maximum atomic E-state index is 12.7. The molecule has 146 valence electrons. The van der Waals surface area contributed by atoms with E-state index in [-0.39, 0.29) is 10.8 Å². The molecule has 2 N–H and O–H groups in total. The Morgan fingerprint density at radius 3 is 2.44 bits per heavy atom. The lowest BCUT2D eigenvalue weighted by atomic mass is 10.0. The summed E-state index contributed by atoms with van der Waals surface area (Å²) in [6, 6.07) is 12.7. The summed E-state index contributed by atoms with van der Waals surface area (Å²) in [6.45, 7) is 4.73. The predicted octanol–water partition coefficient (Wildman–Crippen LogP) is 3.66. The van der Waals surface area contributed by atoms with Gasteiger partial charge in [-0.1, -0.05) is 44.9 Å². The molecule has 0 saturated heterocycles. The molecule has 7 heteroatoms. The van der Waals surface area contributed by atoms with E-state index in [0.717, 1.165) is 12.8 Å². The third-order valence-corrected chi connectivity index (χ3v) is 5.83. The SMILES string of the molecule is CCC(CC)CNC(=O)c1cccc(S(=O)(=O)Nc2ccccc2OC)c1. The summed E-state index contributed by atoms with van der Waals surface area (Å²) >= 11 is 0. The van der Waals surface area contributed by atoms with Gasteiger partial charge in [-0.2, -0.15) is 0 Å². The smallest absolute Gasteiger partial charge is 0.262 e. The maximum Gasteiger partial charge on any atom is 0.262 e. The van der Waals surface area contributed by atoms with E-state index in [1.165, 1.54) is 19.2 Å². The summed E-state index contributed by atoms with van der Waals surface area (Å²) in [5.41, 5.74) is 0.646. The number of amides is 1. The normalized spacial score (nSPS) is 11.3. The molecule has 2 aromatic carbocycles. The highest BCUT2D eigenvalue weighted by Gasteiger charge is 2.18. The van der Waals surface area contributed by atoms with Gasteiger partial charge in [0, 0.05) is 12.1 Å². The fourth-order valence-corrected chi connectivity index (χ4v) is 3.77. The van der Waals surface area contributed by atoms with E-state index in [2.05, 4.69) is 23.9 Å². The van der Waals surface area contributed by atoms with Crippen LogP contribution in [0, 0.1) is 5.92 Å². The van der Waals surface area contributed by atoms with Gasteiger partial charge in [-0.05, 0) is 36.2 Å². The Balaban J connectivity index is 2.19. The lowest BCUT2D eigenvalue weighted by molar-refractivity contribution is 0.0946. The zero-order chi connectivity index (χ0) is 19.9. The van der Waals surface area contributed by atoms with E-state index in [9.17, 15) is 13.2 Å². The minimum atomic E-state index is -3.85. The van der Waals surface area contributed by atoms with Gasteiger partial charge in [0.2, 0.25) is 0 Å². The van der Waals surface area contributed by atoms with Crippen molar-refractivity contribution in [1.82, 2.24) is 5.32 Å². The van der Waals surface area contributed by atoms with Crippen molar-refractivity contribution < 1.29 is 17.9 Å². The summed E-state index contributed by atoms with van der Waals surface area (Å²) in [5, 5.41) is 2.87. The van der Waals surface area contributed by atoms with Crippen LogP contribution in [0.3, 0.4) is 0 Å². The Labute approximate surface area is 161 Å². The van der Waals surface area contributed by atoms with Crippen molar-refractivity contribution >= 4 is 21.6 Å². The van der Waals surface area contributed by atoms with Crippen LogP contribution >= 0.6 is 0 Å². The molecule has 2 aromatic rings. The van der Waals surface area contributed by atoms with Gasteiger partial charge in [0.15, 0.2) is 0 Å². The Morgan fingerprint density at radius 2 is 1.78 bits per heavy atom. The van der Waals surface area contributed by atoms with Crippen LogP contribution in [0.25, 0.3) is 0 Å². The number of ether oxygens (including phenoxy) is 1. The highest BCUT2D eigenvalue weighted by atomic mass is 32.2. The lowest BCUT2D eigenvalue weighted by Gasteiger charge is -2.14. The number of nitrogens with one attached hydrogen (secondary N) is 2. The number of carbonyl (C=O) groups excluding carboxylic acids is 1. The Morgan fingerprint density at radius 1 is 1.07 bits per heavy atom. The first kappa shape index (κ1) is 20.8. The number of benzene rings is 2. The van der Waals surface area contributed by atoms with Gasteiger partial charge in [0.25, 0.3) is 15.9 Å². The Hall–Kier alpha value is -2.54. The van der Waals surface area contributed by atoms with E-state index >= 15 is 0 Å². The van der Waals surface area contributed by atoms with Crippen molar-refractivity contribution in [3.05, 3.63) is 54.1 Å². The molecule has 0 aromatic heterocycles. The number of methoxy groups -OCH3 is 1. The first-order valence-corrected chi connectivity index (χ1v) is 10.4. The van der Waals surface area contributed by atoms with E-state index in [1.54, 1.807) is 36.4 Å². The van der Waals surface area contributed by atoms with Gasteiger partial charge in [0.05, 0.1) is 17.7 Å². The van der Waals surface area contributed by atoms with Gasteiger partial charge in [-0.15, -0.1) is 0 Å². The highest BCUT2D eigenvalue weighted by molar-refractivity contribution is 7.92. The maximum absolute atomic E-state index is 12.7. The molecule has 0 aliphatic heterocycles. The molecule has 0 bridgehead atoms. The number of carbonyl (C=O) groups is 1. The highest BCUT2D eigenvalue weighted by Crippen LogP contribution is 2.26. The molecular formula is C20H26N2O4S. The number of sulfonamides is 1. The molecule has 0 heterocycles. The summed E-state index contributed by atoms with van der Waals surface area (Å²) < 4.78 is 33.1. The summed E-state index contributed by atoms with van der Waals surface area (Å²) in [4.78, 5) is 12.4. The van der Waals surface area contributed by atoms with Gasteiger partial charge in [-0.3, -0.25) is 9.52 Å². The molecule has 0 atom stereocenters. The summed E-state index contributed by atoms with van der Waals surface area (Å²) in [7, 11) is -2.38. The van der Waals surface area contributed by atoms with Crippen LogP contribution < -0.4 is 14.8 Å². The molecular weight excluding hydrogens is 364 g/mol. The largest absolute Gasteiger partial charge is 0.495 e. The Kier molecular flexibility index (Phi) is 7.24. The van der Waals surface area contributed by atoms with Crippen LogP contribution in [0.2, 0.25) is 0 Å². The summed E-state index contributed by atoms with van der Waals surface area (Å²) in [6.07, 6.45) is 1.96. The van der Waals surface area contributed by atoms with Crippen LogP contribution in [-0.4, -0.2) is 28.0 Å². The number of rotatable bonds is 9. The fourth-order valence-electron chi connectivity index (χ4n) is 2.65. The molecule has 0 spiro atoms. The molecule has 0 aliphatic rings. The van der Waals surface area contributed by atoms with Crippen molar-refractivity contribution in [1.29, 1.82) is 0 Å². The van der Waals surface area contributed by atoms with Crippen LogP contribution in [0.1, 0.15) is 37.0 Å². The molecule has 0 aliphatic carbocycles.